The van der Waals surface area contributed by atoms with Crippen LogP contribution in [0.2, 0.25) is 0 Å². The van der Waals surface area contributed by atoms with E-state index in [0.29, 0.717) is 78.2 Å². The van der Waals surface area contributed by atoms with Crippen LogP contribution in [0.15, 0.2) is 18.2 Å². The van der Waals surface area contributed by atoms with Gasteiger partial charge in [-0.2, -0.15) is 0 Å². The standard InChI is InChI=1S/C25H35N5O7/c31-22(29-8-2-6-20(29)24(33)34)16-27-10-12-37-13-11-28(15-19-5-1-4-18(14-27)26-19)17-23(32)30-9-3-7-21(30)25(35)36/h1,4-5,20-21H,2-3,6-17H2,(H,33,34)(H,35,36). The van der Waals surface area contributed by atoms with Crippen LogP contribution in [0.5, 0.6) is 0 Å². The predicted octanol–water partition coefficient (Wildman–Crippen LogP) is -0.133. The third-order valence-corrected chi connectivity index (χ3v) is 7.17. The van der Waals surface area contributed by atoms with E-state index >= 15 is 0 Å². The molecule has 2 saturated heterocycles. The Balaban J connectivity index is 1.41. The second-order valence-corrected chi connectivity index (χ2v) is 9.82. The molecular formula is C25H35N5O7. The Morgan fingerprint density at radius 1 is 0.784 bits per heavy atom. The van der Waals surface area contributed by atoms with E-state index in [1.165, 1.54) is 9.80 Å². The highest BCUT2D eigenvalue weighted by molar-refractivity contribution is 5.86. The number of aromatic nitrogens is 1. The topological polar surface area (TPSA) is 144 Å². The fourth-order valence-corrected chi connectivity index (χ4v) is 5.29. The third-order valence-electron chi connectivity index (χ3n) is 7.17. The minimum absolute atomic E-state index is 0.0836. The summed E-state index contributed by atoms with van der Waals surface area (Å²) in [6.45, 7) is 3.55. The van der Waals surface area contributed by atoms with Crippen molar-refractivity contribution in [3.8, 4) is 0 Å². The first-order chi connectivity index (χ1) is 17.8. The summed E-state index contributed by atoms with van der Waals surface area (Å²) >= 11 is 0. The highest BCUT2D eigenvalue weighted by atomic mass is 16.5. The molecule has 3 aliphatic heterocycles. The smallest absolute Gasteiger partial charge is 0.326 e. The van der Waals surface area contributed by atoms with Gasteiger partial charge in [-0.05, 0) is 37.8 Å². The Bertz CT molecular complexity index is 932. The number of nitrogens with zero attached hydrogens (tertiary/aromatic N) is 5. The van der Waals surface area contributed by atoms with Crippen molar-refractivity contribution in [1.29, 1.82) is 0 Å². The summed E-state index contributed by atoms with van der Waals surface area (Å²) in [6.07, 6.45) is 2.31. The Kier molecular flexibility index (Phi) is 9.06. The molecule has 0 radical (unpaired) electrons. The van der Waals surface area contributed by atoms with Gasteiger partial charge >= 0.3 is 11.9 Å². The van der Waals surface area contributed by atoms with Gasteiger partial charge in [0.05, 0.1) is 37.7 Å². The Morgan fingerprint density at radius 3 is 1.68 bits per heavy atom. The van der Waals surface area contributed by atoms with Crippen molar-refractivity contribution in [3.05, 3.63) is 29.6 Å². The number of hydrogen-bond donors (Lipinski definition) is 2. The molecular weight excluding hydrogens is 482 g/mol. The second-order valence-electron chi connectivity index (χ2n) is 9.82. The van der Waals surface area contributed by atoms with Gasteiger partial charge in [0.15, 0.2) is 0 Å². The number of ether oxygens (including phenoxy) is 1. The van der Waals surface area contributed by atoms with Crippen LogP contribution in [0.3, 0.4) is 0 Å². The molecule has 2 unspecified atom stereocenters. The number of carboxylic acid groups (broad SMARTS) is 2. The van der Waals surface area contributed by atoms with Crippen LogP contribution < -0.4 is 0 Å². The number of carboxylic acids is 2. The van der Waals surface area contributed by atoms with E-state index in [4.69, 9.17) is 9.72 Å². The largest absolute Gasteiger partial charge is 0.480 e. The molecule has 0 aliphatic carbocycles. The van der Waals surface area contributed by atoms with Crippen molar-refractivity contribution < 1.29 is 34.1 Å². The van der Waals surface area contributed by atoms with Crippen LogP contribution in [0.1, 0.15) is 37.1 Å². The van der Waals surface area contributed by atoms with Gasteiger partial charge < -0.3 is 24.7 Å². The maximum Gasteiger partial charge on any atom is 0.326 e. The Labute approximate surface area is 215 Å². The quantitative estimate of drug-likeness (QED) is 0.523. The summed E-state index contributed by atoms with van der Waals surface area (Å²) in [5.41, 5.74) is 1.53. The Hall–Kier alpha value is -3.09. The molecule has 37 heavy (non-hydrogen) atoms. The minimum Gasteiger partial charge on any atom is -0.480 e. The summed E-state index contributed by atoms with van der Waals surface area (Å²) in [4.78, 5) is 60.4. The number of aliphatic carboxylic acids is 2. The van der Waals surface area contributed by atoms with Gasteiger partial charge in [0, 0.05) is 39.3 Å². The monoisotopic (exact) mass is 517 g/mol. The van der Waals surface area contributed by atoms with Crippen molar-refractivity contribution in [1.82, 2.24) is 24.6 Å². The van der Waals surface area contributed by atoms with Crippen molar-refractivity contribution in [3.63, 3.8) is 0 Å². The van der Waals surface area contributed by atoms with Crippen molar-refractivity contribution in [2.45, 2.75) is 50.9 Å². The van der Waals surface area contributed by atoms with Crippen molar-refractivity contribution >= 4 is 23.8 Å². The van der Waals surface area contributed by atoms with Gasteiger partial charge in [-0.25, -0.2) is 9.59 Å². The molecule has 0 saturated carbocycles. The van der Waals surface area contributed by atoms with Gasteiger partial charge in [-0.1, -0.05) is 6.07 Å². The number of fused-ring (bicyclic) bond motifs is 2. The average Bonchev–Trinajstić information content (AvgIpc) is 3.53. The van der Waals surface area contributed by atoms with Gasteiger partial charge in [-0.15, -0.1) is 0 Å². The van der Waals surface area contributed by atoms with E-state index in [1.54, 1.807) is 0 Å². The molecule has 12 nitrogen and oxygen atoms in total. The Morgan fingerprint density at radius 2 is 1.24 bits per heavy atom. The molecule has 0 spiro atoms. The van der Waals surface area contributed by atoms with Crippen LogP contribution in [0.4, 0.5) is 0 Å². The van der Waals surface area contributed by atoms with Crippen molar-refractivity contribution in [2.75, 3.05) is 52.5 Å². The number of likely N-dealkylation sites (tertiary alicyclic amines) is 2. The molecule has 2 amide bonds. The molecule has 4 rings (SSSR count). The normalized spacial score (nSPS) is 23.9. The SMILES string of the molecule is O=C(O)C1CCCN1C(=O)CN1CCOCCN(CC(=O)N2CCCC2C(=O)O)Cc2cccc(n2)C1. The number of carbonyl (C=O) groups excluding carboxylic acids is 2. The van der Waals surface area contributed by atoms with Crippen LogP contribution >= 0.6 is 0 Å². The first-order valence-corrected chi connectivity index (χ1v) is 12.8. The highest BCUT2D eigenvalue weighted by Crippen LogP contribution is 2.19. The van der Waals surface area contributed by atoms with Gasteiger partial charge in [0.25, 0.3) is 0 Å². The predicted molar refractivity (Wildman–Crippen MR) is 130 cm³/mol. The van der Waals surface area contributed by atoms with E-state index in [-0.39, 0.29) is 24.9 Å². The highest BCUT2D eigenvalue weighted by Gasteiger charge is 2.35. The number of carbonyl (C=O) groups is 4. The van der Waals surface area contributed by atoms with Crippen LogP contribution in [0, 0.1) is 0 Å². The third kappa shape index (κ3) is 7.02. The lowest BCUT2D eigenvalue weighted by molar-refractivity contribution is -0.148. The lowest BCUT2D eigenvalue weighted by Crippen LogP contribution is -2.46. The maximum absolute atomic E-state index is 12.9. The lowest BCUT2D eigenvalue weighted by atomic mass is 10.2. The fourth-order valence-electron chi connectivity index (χ4n) is 5.29. The number of pyridine rings is 1. The lowest BCUT2D eigenvalue weighted by Gasteiger charge is -2.29. The zero-order valence-corrected chi connectivity index (χ0v) is 21.0. The number of amides is 2. The molecule has 4 heterocycles. The summed E-state index contributed by atoms with van der Waals surface area (Å²) in [6, 6.07) is 4.11. The molecule has 0 aromatic carbocycles. The van der Waals surface area contributed by atoms with Crippen LogP contribution in [-0.4, -0.2) is 123 Å². The van der Waals surface area contributed by atoms with Gasteiger partial charge in [0.2, 0.25) is 11.8 Å². The second kappa shape index (κ2) is 12.4. The molecule has 2 N–H and O–H groups in total. The minimum atomic E-state index is -0.969. The van der Waals surface area contributed by atoms with Crippen LogP contribution in [-0.2, 0) is 37.0 Å². The van der Waals surface area contributed by atoms with E-state index < -0.39 is 24.0 Å². The fraction of sp³-hybridized carbons (Fsp3) is 0.640. The molecule has 2 bridgehead atoms. The first kappa shape index (κ1) is 27.0. The average molecular weight is 518 g/mol. The summed E-state index contributed by atoms with van der Waals surface area (Å²) < 4.78 is 5.82. The molecule has 3 aliphatic rings. The van der Waals surface area contributed by atoms with Crippen LogP contribution in [0.25, 0.3) is 0 Å². The zero-order chi connectivity index (χ0) is 26.4. The van der Waals surface area contributed by atoms with Crippen molar-refractivity contribution in [2.24, 2.45) is 0 Å². The molecule has 2 fully saturated rings. The van der Waals surface area contributed by atoms with E-state index in [0.717, 1.165) is 11.4 Å². The molecule has 1 aromatic rings. The number of rotatable bonds is 6. The first-order valence-electron chi connectivity index (χ1n) is 12.8. The summed E-state index contributed by atoms with van der Waals surface area (Å²) in [5.74, 6) is -2.36. The molecule has 202 valence electrons. The zero-order valence-electron chi connectivity index (χ0n) is 21.0. The molecule has 12 heteroatoms. The molecule has 1 aromatic heterocycles. The van der Waals surface area contributed by atoms with E-state index in [1.807, 2.05) is 28.0 Å². The maximum atomic E-state index is 12.9. The molecule has 2 atom stereocenters. The van der Waals surface area contributed by atoms with Gasteiger partial charge in [-0.3, -0.25) is 24.4 Å². The van der Waals surface area contributed by atoms with Gasteiger partial charge in [0.1, 0.15) is 12.1 Å². The van der Waals surface area contributed by atoms with E-state index in [2.05, 4.69) is 0 Å². The number of hydrogen-bond acceptors (Lipinski definition) is 8. The summed E-state index contributed by atoms with van der Waals surface area (Å²) in [7, 11) is 0. The van der Waals surface area contributed by atoms with E-state index in [9.17, 15) is 29.4 Å². The summed E-state index contributed by atoms with van der Waals surface area (Å²) in [5, 5.41) is 18.8.